The van der Waals surface area contributed by atoms with Crippen LogP contribution in [0.3, 0.4) is 0 Å². The number of aromatic nitrogens is 1. The summed E-state index contributed by atoms with van der Waals surface area (Å²) in [6.45, 7) is 0. The molecule has 2 saturated heterocycles. The van der Waals surface area contributed by atoms with Gasteiger partial charge in [0.15, 0.2) is 0 Å². The van der Waals surface area contributed by atoms with Crippen LogP contribution in [0.2, 0.25) is 0 Å². The quantitative estimate of drug-likeness (QED) is 0.700. The highest BCUT2D eigenvalue weighted by atomic mass is 16.3. The lowest BCUT2D eigenvalue weighted by molar-refractivity contribution is 0.0283. The molecule has 2 unspecified atom stereocenters. The SMILES string of the molecule is Nc1cccc2cc(C(=O)N3C4CCC3CC(O)C4)[nH]c12. The Balaban J connectivity index is 1.69. The molecule has 4 N–H and O–H groups in total. The molecule has 1 aromatic carbocycles. The van der Waals surface area contributed by atoms with Gasteiger partial charge in [0.05, 0.1) is 17.3 Å². The molecular formula is C16H19N3O2. The van der Waals surface area contributed by atoms with Gasteiger partial charge in [-0.25, -0.2) is 0 Å². The van der Waals surface area contributed by atoms with Crippen LogP contribution in [0.5, 0.6) is 0 Å². The van der Waals surface area contributed by atoms with E-state index in [-0.39, 0.29) is 24.1 Å². The number of aromatic amines is 1. The lowest BCUT2D eigenvalue weighted by Crippen LogP contribution is -2.48. The summed E-state index contributed by atoms with van der Waals surface area (Å²) in [5.41, 5.74) is 8.02. The number of piperidine rings is 1. The van der Waals surface area contributed by atoms with Crippen LogP contribution in [0, 0.1) is 0 Å². The van der Waals surface area contributed by atoms with E-state index in [1.807, 2.05) is 29.2 Å². The normalized spacial score (nSPS) is 28.2. The molecule has 0 saturated carbocycles. The molecule has 4 rings (SSSR count). The molecule has 5 nitrogen and oxygen atoms in total. The first-order valence-corrected chi connectivity index (χ1v) is 7.51. The molecule has 110 valence electrons. The molecule has 2 bridgehead atoms. The van der Waals surface area contributed by atoms with Gasteiger partial charge in [-0.15, -0.1) is 0 Å². The first-order valence-electron chi connectivity index (χ1n) is 7.51. The second kappa shape index (κ2) is 4.49. The van der Waals surface area contributed by atoms with Gasteiger partial charge in [0.1, 0.15) is 5.69 Å². The molecule has 1 aromatic heterocycles. The smallest absolute Gasteiger partial charge is 0.270 e. The zero-order valence-electron chi connectivity index (χ0n) is 11.7. The highest BCUT2D eigenvalue weighted by molar-refractivity contribution is 6.01. The first-order chi connectivity index (χ1) is 10.1. The zero-order chi connectivity index (χ0) is 14.6. The molecule has 2 aliphatic heterocycles. The fourth-order valence-corrected chi connectivity index (χ4v) is 3.91. The summed E-state index contributed by atoms with van der Waals surface area (Å²) in [5, 5.41) is 10.8. The molecule has 1 amide bonds. The van der Waals surface area contributed by atoms with Gasteiger partial charge in [-0.05, 0) is 37.8 Å². The van der Waals surface area contributed by atoms with Crippen molar-refractivity contribution in [2.45, 2.75) is 43.9 Å². The van der Waals surface area contributed by atoms with Gasteiger partial charge < -0.3 is 20.7 Å². The predicted octanol–water partition coefficient (Wildman–Crippen LogP) is 1.88. The van der Waals surface area contributed by atoms with Crippen LogP contribution in [0.15, 0.2) is 24.3 Å². The topological polar surface area (TPSA) is 82.3 Å². The van der Waals surface area contributed by atoms with E-state index in [2.05, 4.69) is 4.98 Å². The maximum Gasteiger partial charge on any atom is 0.270 e. The number of hydrogen-bond donors (Lipinski definition) is 3. The highest BCUT2D eigenvalue weighted by Gasteiger charge is 2.43. The molecule has 21 heavy (non-hydrogen) atoms. The third-order valence-corrected chi connectivity index (χ3v) is 4.86. The Hall–Kier alpha value is -2.01. The summed E-state index contributed by atoms with van der Waals surface area (Å²) in [6.07, 6.45) is 3.13. The number of H-pyrrole nitrogens is 1. The number of rotatable bonds is 1. The van der Waals surface area contributed by atoms with Crippen molar-refractivity contribution in [1.29, 1.82) is 0 Å². The van der Waals surface area contributed by atoms with Crippen LogP contribution in [0.25, 0.3) is 10.9 Å². The predicted molar refractivity (Wildman–Crippen MR) is 80.9 cm³/mol. The number of benzene rings is 1. The number of aliphatic hydroxyl groups excluding tert-OH is 1. The van der Waals surface area contributed by atoms with E-state index in [9.17, 15) is 9.90 Å². The van der Waals surface area contributed by atoms with Crippen molar-refractivity contribution in [3.05, 3.63) is 30.0 Å². The number of nitrogen functional groups attached to an aromatic ring is 1. The van der Waals surface area contributed by atoms with Gasteiger partial charge in [0, 0.05) is 17.5 Å². The number of nitrogens with one attached hydrogen (secondary N) is 1. The van der Waals surface area contributed by atoms with E-state index in [1.54, 1.807) is 0 Å². The van der Waals surface area contributed by atoms with E-state index >= 15 is 0 Å². The summed E-state index contributed by atoms with van der Waals surface area (Å²) >= 11 is 0. The summed E-state index contributed by atoms with van der Waals surface area (Å²) in [7, 11) is 0. The van der Waals surface area contributed by atoms with E-state index in [0.29, 0.717) is 24.2 Å². The van der Waals surface area contributed by atoms with Crippen molar-refractivity contribution >= 4 is 22.5 Å². The standard InChI is InChI=1S/C16H19N3O2/c17-13-3-1-2-9-6-14(18-15(9)13)16(21)19-10-4-5-11(19)8-12(20)7-10/h1-3,6,10-12,18,20H,4-5,7-8,17H2. The summed E-state index contributed by atoms with van der Waals surface area (Å²) in [5.74, 6) is 0.0324. The molecular weight excluding hydrogens is 266 g/mol. The van der Waals surface area contributed by atoms with Crippen molar-refractivity contribution in [1.82, 2.24) is 9.88 Å². The minimum Gasteiger partial charge on any atom is -0.397 e. The number of hydrogen-bond acceptors (Lipinski definition) is 3. The Morgan fingerprint density at radius 1 is 1.29 bits per heavy atom. The van der Waals surface area contributed by atoms with E-state index in [0.717, 1.165) is 23.7 Å². The van der Waals surface area contributed by atoms with E-state index in [1.165, 1.54) is 0 Å². The second-order valence-corrected chi connectivity index (χ2v) is 6.22. The molecule has 2 aliphatic rings. The van der Waals surface area contributed by atoms with Gasteiger partial charge in [-0.3, -0.25) is 4.79 Å². The Morgan fingerprint density at radius 2 is 2.00 bits per heavy atom. The lowest BCUT2D eigenvalue weighted by atomic mass is 9.99. The van der Waals surface area contributed by atoms with Gasteiger partial charge in [-0.2, -0.15) is 0 Å². The zero-order valence-corrected chi connectivity index (χ0v) is 11.7. The van der Waals surface area contributed by atoms with Crippen LogP contribution in [-0.4, -0.2) is 39.1 Å². The van der Waals surface area contributed by atoms with E-state index in [4.69, 9.17) is 5.73 Å². The first kappa shape index (κ1) is 12.7. The molecule has 2 fully saturated rings. The highest BCUT2D eigenvalue weighted by Crippen LogP contribution is 2.37. The average Bonchev–Trinajstić information content (AvgIpc) is 2.99. The number of para-hydroxylation sites is 1. The second-order valence-electron chi connectivity index (χ2n) is 6.22. The van der Waals surface area contributed by atoms with Gasteiger partial charge in [0.25, 0.3) is 5.91 Å². The third-order valence-electron chi connectivity index (χ3n) is 4.86. The van der Waals surface area contributed by atoms with Crippen molar-refractivity contribution < 1.29 is 9.90 Å². The van der Waals surface area contributed by atoms with Crippen LogP contribution < -0.4 is 5.73 Å². The molecule has 0 aliphatic carbocycles. The average molecular weight is 285 g/mol. The van der Waals surface area contributed by atoms with Crippen LogP contribution >= 0.6 is 0 Å². The Kier molecular flexibility index (Phi) is 2.72. The number of aliphatic hydroxyl groups is 1. The monoisotopic (exact) mass is 285 g/mol. The molecule has 3 heterocycles. The number of nitrogens with zero attached hydrogens (tertiary/aromatic N) is 1. The van der Waals surface area contributed by atoms with Crippen LogP contribution in [0.1, 0.15) is 36.2 Å². The fraction of sp³-hybridized carbons (Fsp3) is 0.438. The molecule has 0 spiro atoms. The van der Waals surface area contributed by atoms with Crippen LogP contribution in [0.4, 0.5) is 5.69 Å². The maximum atomic E-state index is 12.8. The molecule has 5 heteroatoms. The van der Waals surface area contributed by atoms with Gasteiger partial charge in [-0.1, -0.05) is 12.1 Å². The minimum atomic E-state index is -0.259. The Labute approximate surface area is 122 Å². The lowest BCUT2D eigenvalue weighted by Gasteiger charge is -2.36. The maximum absolute atomic E-state index is 12.8. The van der Waals surface area contributed by atoms with Crippen molar-refractivity contribution in [3.63, 3.8) is 0 Å². The fourth-order valence-electron chi connectivity index (χ4n) is 3.91. The Morgan fingerprint density at radius 3 is 2.67 bits per heavy atom. The number of anilines is 1. The van der Waals surface area contributed by atoms with Gasteiger partial charge in [0.2, 0.25) is 0 Å². The molecule has 2 aromatic rings. The summed E-state index contributed by atoms with van der Waals surface area (Å²) in [6, 6.07) is 7.89. The van der Waals surface area contributed by atoms with E-state index < -0.39 is 0 Å². The number of nitrogens with two attached hydrogens (primary N) is 1. The number of fused-ring (bicyclic) bond motifs is 3. The largest absolute Gasteiger partial charge is 0.397 e. The Bertz CT molecular complexity index is 695. The number of amides is 1. The van der Waals surface area contributed by atoms with Crippen LogP contribution in [-0.2, 0) is 0 Å². The minimum absolute atomic E-state index is 0.0324. The summed E-state index contributed by atoms with van der Waals surface area (Å²) in [4.78, 5) is 17.9. The third kappa shape index (κ3) is 1.92. The van der Waals surface area contributed by atoms with Gasteiger partial charge >= 0.3 is 0 Å². The number of carbonyl (C=O) groups is 1. The summed E-state index contributed by atoms with van der Waals surface area (Å²) < 4.78 is 0. The molecule has 0 radical (unpaired) electrons. The molecule has 2 atom stereocenters. The van der Waals surface area contributed by atoms with Crippen molar-refractivity contribution in [2.75, 3.05) is 5.73 Å². The van der Waals surface area contributed by atoms with Crippen molar-refractivity contribution in [3.8, 4) is 0 Å². The van der Waals surface area contributed by atoms with Crippen molar-refractivity contribution in [2.24, 2.45) is 0 Å². The number of carbonyl (C=O) groups excluding carboxylic acids is 1.